The van der Waals surface area contributed by atoms with Crippen LogP contribution in [0.15, 0.2) is 24.3 Å². The molecule has 0 unspecified atom stereocenters. The van der Waals surface area contributed by atoms with Gasteiger partial charge in [0.15, 0.2) is 11.4 Å². The van der Waals surface area contributed by atoms with Crippen molar-refractivity contribution in [2.45, 2.75) is 155 Å². The summed E-state index contributed by atoms with van der Waals surface area (Å²) in [7, 11) is 0. The van der Waals surface area contributed by atoms with E-state index in [-0.39, 0.29) is 35.3 Å². The summed E-state index contributed by atoms with van der Waals surface area (Å²) in [4.78, 5) is 57.0. The van der Waals surface area contributed by atoms with Gasteiger partial charge in [-0.3, -0.25) is 28.5 Å². The van der Waals surface area contributed by atoms with Crippen molar-refractivity contribution < 1.29 is 38.2 Å². The van der Waals surface area contributed by atoms with Crippen LogP contribution in [0.1, 0.15) is 166 Å². The van der Waals surface area contributed by atoms with E-state index in [1.165, 1.54) is 48.2 Å². The van der Waals surface area contributed by atoms with Crippen molar-refractivity contribution in [3.63, 3.8) is 0 Å². The Morgan fingerprint density at radius 2 is 0.851 bits per heavy atom. The molecule has 2 N–H and O–H groups in total. The maximum Gasteiger partial charge on any atom is 0.274 e. The van der Waals surface area contributed by atoms with Gasteiger partial charge in [-0.05, 0) is 200 Å². The van der Waals surface area contributed by atoms with E-state index in [1.54, 1.807) is 31.7 Å². The molecule has 2 saturated carbocycles. The van der Waals surface area contributed by atoms with Gasteiger partial charge < -0.3 is 29.8 Å². The summed E-state index contributed by atoms with van der Waals surface area (Å²) < 4.78 is 32.0. The fourth-order valence-electron chi connectivity index (χ4n) is 13.2. The Hall–Kier alpha value is -5.48. The lowest BCUT2D eigenvalue weighted by molar-refractivity contribution is -0.136. The maximum atomic E-state index is 13.9. The average Bonchev–Trinajstić information content (AvgIpc) is 4.26. The highest BCUT2D eigenvalue weighted by Crippen LogP contribution is 2.41. The minimum atomic E-state index is -0.487. The van der Waals surface area contributed by atoms with Crippen LogP contribution in [0, 0.1) is 51.2 Å². The predicted octanol–water partition coefficient (Wildman–Crippen LogP) is 7.54. The maximum absolute atomic E-state index is 13.9. The van der Waals surface area contributed by atoms with Gasteiger partial charge in [-0.25, -0.2) is 8.78 Å². The number of aromatic nitrogens is 4. The van der Waals surface area contributed by atoms with E-state index in [1.807, 2.05) is 39.8 Å². The number of halogens is 2. The van der Waals surface area contributed by atoms with Crippen LogP contribution in [0.2, 0.25) is 0 Å². The zero-order chi connectivity index (χ0) is 52.2. The van der Waals surface area contributed by atoms with Crippen molar-refractivity contribution in [1.29, 1.82) is 0 Å². The number of fused-ring (bicyclic) bond motifs is 2. The van der Waals surface area contributed by atoms with Crippen LogP contribution in [-0.2, 0) is 48.4 Å². The number of rotatable bonds is 12. The van der Waals surface area contributed by atoms with Crippen LogP contribution in [0.25, 0.3) is 0 Å². The molecule has 400 valence electrons. The van der Waals surface area contributed by atoms with Gasteiger partial charge in [0, 0.05) is 88.0 Å². The third-order valence-electron chi connectivity index (χ3n) is 18.1. The molecule has 0 spiro atoms. The molecule has 4 heterocycles. The summed E-state index contributed by atoms with van der Waals surface area (Å²) in [6.07, 6.45) is 17.3. The molecule has 6 aliphatic rings. The van der Waals surface area contributed by atoms with E-state index in [9.17, 15) is 28.0 Å². The summed E-state index contributed by atoms with van der Waals surface area (Å²) in [5.74, 6) is 1.48. The Morgan fingerprint density at radius 3 is 1.20 bits per heavy atom. The number of amides is 4. The summed E-state index contributed by atoms with van der Waals surface area (Å²) in [6.45, 7) is 12.3. The smallest absolute Gasteiger partial charge is 0.274 e. The number of aliphatic hydroxyl groups excluding tert-OH is 2. The third kappa shape index (κ3) is 11.4. The minimum Gasteiger partial charge on any atom is -0.387 e. The summed E-state index contributed by atoms with van der Waals surface area (Å²) in [5.41, 5.74) is 12.3. The lowest BCUT2D eigenvalue weighted by Crippen LogP contribution is -2.51. The molecule has 2 aromatic heterocycles. The molecule has 2 aromatic carbocycles. The molecule has 0 bridgehead atoms. The molecule has 2 saturated heterocycles. The lowest BCUT2D eigenvalue weighted by Gasteiger charge is -2.34. The first kappa shape index (κ1) is 53.3. The van der Waals surface area contributed by atoms with Crippen molar-refractivity contribution >= 4 is 23.6 Å². The first-order valence-electron chi connectivity index (χ1n) is 27.8. The highest BCUT2D eigenvalue weighted by molar-refractivity contribution is 5.95. The average molecular weight is 1020 g/mol. The van der Waals surface area contributed by atoms with Gasteiger partial charge in [-0.1, -0.05) is 12.1 Å². The molecule has 16 heteroatoms. The number of carbonyl (C=O) groups excluding carboxylic acids is 4. The second-order valence-corrected chi connectivity index (χ2v) is 22.1. The Labute approximate surface area is 435 Å². The van der Waals surface area contributed by atoms with Crippen molar-refractivity contribution in [3.8, 4) is 0 Å². The zero-order valence-electron chi connectivity index (χ0n) is 44.3. The fourth-order valence-corrected chi connectivity index (χ4v) is 13.2. The number of hydrogen-bond acceptors (Lipinski definition) is 8. The Kier molecular flexibility index (Phi) is 17.0. The van der Waals surface area contributed by atoms with Crippen LogP contribution in [0.5, 0.6) is 0 Å². The predicted molar refractivity (Wildman–Crippen MR) is 278 cm³/mol. The van der Waals surface area contributed by atoms with Crippen LogP contribution in [-0.4, -0.2) is 139 Å². The molecule has 0 atom stereocenters. The molecule has 4 amide bonds. The minimum absolute atomic E-state index is 0.0292. The summed E-state index contributed by atoms with van der Waals surface area (Å²) in [6, 6.07) is 7.21. The van der Waals surface area contributed by atoms with Crippen LogP contribution in [0.3, 0.4) is 0 Å². The van der Waals surface area contributed by atoms with E-state index in [4.69, 9.17) is 20.4 Å². The van der Waals surface area contributed by atoms with E-state index < -0.39 is 13.2 Å². The summed E-state index contributed by atoms with van der Waals surface area (Å²) in [5, 5.41) is 27.8. The number of carbonyl (C=O) groups is 4. The number of nitrogens with zero attached hydrogens (tertiary/aromatic N) is 8. The fraction of sp³-hybridized carbons (Fsp3) is 0.621. The SMILES string of the molecule is Cc1c(F)ccc(C2CCC(CCn3nc(C(=O)N4CCN(C(=O)CO)CC4)c4c3CCC4)CC2)c1C.Cc1c(F)ccc(C2CCC(CCn3nc(C(=O)N4CCN(C(=O)CO)CC4)c4c3CCC4)CC2)c1C. The highest BCUT2D eigenvalue weighted by Gasteiger charge is 2.34. The van der Waals surface area contributed by atoms with Crippen LogP contribution >= 0.6 is 0 Å². The van der Waals surface area contributed by atoms with E-state index >= 15 is 0 Å². The van der Waals surface area contributed by atoms with Crippen LogP contribution in [0.4, 0.5) is 8.78 Å². The molecule has 14 nitrogen and oxygen atoms in total. The van der Waals surface area contributed by atoms with Gasteiger partial charge in [0.1, 0.15) is 24.8 Å². The lowest BCUT2D eigenvalue weighted by atomic mass is 9.76. The monoisotopic (exact) mass is 1020 g/mol. The largest absolute Gasteiger partial charge is 0.387 e. The number of benzene rings is 2. The molecule has 74 heavy (non-hydrogen) atoms. The summed E-state index contributed by atoms with van der Waals surface area (Å²) >= 11 is 0. The highest BCUT2D eigenvalue weighted by atomic mass is 19.1. The number of piperazine rings is 2. The van der Waals surface area contributed by atoms with Gasteiger partial charge in [-0.2, -0.15) is 10.2 Å². The third-order valence-corrected chi connectivity index (χ3v) is 18.1. The van der Waals surface area contributed by atoms with Gasteiger partial charge >= 0.3 is 0 Å². The molecule has 4 aromatic rings. The second-order valence-electron chi connectivity index (χ2n) is 22.1. The normalized spacial score (nSPS) is 21.8. The van der Waals surface area contributed by atoms with Crippen LogP contribution < -0.4 is 0 Å². The second kappa shape index (κ2) is 23.6. The standard InChI is InChI=1S/2C29H39FN4O3/c2*1-19-20(2)25(30)11-10-23(19)22-8-6-21(7-9-22)12-13-34-26-5-3-4-24(26)28(31-34)29(37)33-16-14-32(15-17-33)27(36)18-35/h2*10-11,21-22,35H,3-9,12-18H2,1-2H3. The molecule has 0 radical (unpaired) electrons. The first-order chi connectivity index (χ1) is 35.7. The number of hydrogen-bond donors (Lipinski definition) is 2. The number of aryl methyl sites for hydroxylation is 2. The van der Waals surface area contributed by atoms with Gasteiger partial charge in [-0.15, -0.1) is 0 Å². The Balaban J connectivity index is 0.000000182. The first-order valence-corrected chi connectivity index (χ1v) is 27.8. The molecular formula is C58H78F2N8O6. The molecule has 10 rings (SSSR count). The topological polar surface area (TPSA) is 157 Å². The number of aliphatic hydroxyl groups is 2. The van der Waals surface area contributed by atoms with Crippen molar-refractivity contribution in [1.82, 2.24) is 39.2 Å². The Bertz CT molecular complexity index is 2500. The van der Waals surface area contributed by atoms with E-state index in [0.29, 0.717) is 87.4 Å². The van der Waals surface area contributed by atoms with Crippen molar-refractivity contribution in [2.24, 2.45) is 11.8 Å². The Morgan fingerprint density at radius 1 is 0.500 bits per heavy atom. The van der Waals surface area contributed by atoms with E-state index in [0.717, 1.165) is 124 Å². The van der Waals surface area contributed by atoms with E-state index in [2.05, 4.69) is 9.36 Å². The van der Waals surface area contributed by atoms with Gasteiger partial charge in [0.2, 0.25) is 11.8 Å². The molecule has 2 aliphatic heterocycles. The van der Waals surface area contributed by atoms with Gasteiger partial charge in [0.25, 0.3) is 11.8 Å². The zero-order valence-corrected chi connectivity index (χ0v) is 44.3. The quantitative estimate of drug-likeness (QED) is 0.148. The molecule has 4 fully saturated rings. The van der Waals surface area contributed by atoms with Crippen molar-refractivity contribution in [2.75, 3.05) is 65.6 Å². The van der Waals surface area contributed by atoms with Crippen molar-refractivity contribution in [3.05, 3.63) is 103 Å². The molecule has 4 aliphatic carbocycles. The molecular weight excluding hydrogens is 943 g/mol. The van der Waals surface area contributed by atoms with Gasteiger partial charge in [0.05, 0.1) is 0 Å².